The van der Waals surface area contributed by atoms with Crippen LogP contribution in [0.1, 0.15) is 11.1 Å². The third kappa shape index (κ3) is 4.56. The number of pyridine rings is 1. The number of hydrogen-bond donors (Lipinski definition) is 0. The first-order chi connectivity index (χ1) is 13.9. The first-order valence-electron chi connectivity index (χ1n) is 9.12. The first kappa shape index (κ1) is 18.2. The summed E-state index contributed by atoms with van der Waals surface area (Å²) in [5, 5.41) is 9.83. The highest BCUT2D eigenvalue weighted by Crippen LogP contribution is 2.25. The van der Waals surface area contributed by atoms with Gasteiger partial charge in [0.1, 0.15) is 0 Å². The summed E-state index contributed by atoms with van der Waals surface area (Å²) in [4.78, 5) is 4.11. The third-order valence-electron chi connectivity index (χ3n) is 4.26. The zero-order valence-corrected chi connectivity index (χ0v) is 16.2. The van der Waals surface area contributed by atoms with Gasteiger partial charge in [0.25, 0.3) is 0 Å². The van der Waals surface area contributed by atoms with Crippen LogP contribution < -0.4 is 0 Å². The van der Waals surface area contributed by atoms with Gasteiger partial charge in [-0.3, -0.25) is 9.55 Å². The van der Waals surface area contributed by atoms with Gasteiger partial charge < -0.3 is 0 Å². The van der Waals surface area contributed by atoms with Crippen LogP contribution in [0, 0.1) is 0 Å². The van der Waals surface area contributed by atoms with E-state index in [1.165, 1.54) is 11.1 Å². The van der Waals surface area contributed by atoms with Crippen molar-refractivity contribution in [2.45, 2.75) is 11.7 Å². The minimum absolute atomic E-state index is 0.732. The van der Waals surface area contributed by atoms with Crippen LogP contribution in [-0.2, 0) is 6.54 Å². The number of rotatable bonds is 7. The zero-order valence-electron chi connectivity index (χ0n) is 15.3. The smallest absolute Gasteiger partial charge is 0.192 e. The summed E-state index contributed by atoms with van der Waals surface area (Å²) >= 11 is 1.69. The van der Waals surface area contributed by atoms with Gasteiger partial charge in [0.15, 0.2) is 11.0 Å². The second kappa shape index (κ2) is 9.15. The Labute approximate surface area is 169 Å². The van der Waals surface area contributed by atoms with Crippen LogP contribution in [0.5, 0.6) is 0 Å². The Morgan fingerprint density at radius 2 is 1.54 bits per heavy atom. The van der Waals surface area contributed by atoms with Gasteiger partial charge >= 0.3 is 0 Å². The summed E-state index contributed by atoms with van der Waals surface area (Å²) in [6.07, 6.45) is 7.86. The first-order valence-corrected chi connectivity index (χ1v) is 10.1. The van der Waals surface area contributed by atoms with Gasteiger partial charge in [-0.1, -0.05) is 84.6 Å². The molecule has 4 nitrogen and oxygen atoms in total. The van der Waals surface area contributed by atoms with Crippen molar-refractivity contribution in [1.29, 1.82) is 0 Å². The Bertz CT molecular complexity index is 1030. The highest BCUT2D eigenvalue weighted by atomic mass is 32.2. The van der Waals surface area contributed by atoms with Crippen molar-refractivity contribution in [3.05, 3.63) is 102 Å². The quantitative estimate of drug-likeness (QED) is 0.411. The number of aromatic nitrogens is 4. The van der Waals surface area contributed by atoms with Crippen molar-refractivity contribution in [2.24, 2.45) is 0 Å². The minimum atomic E-state index is 0.732. The molecular formula is C23H20N4S. The number of hydrogen-bond acceptors (Lipinski definition) is 4. The molecular weight excluding hydrogens is 364 g/mol. The summed E-state index contributed by atoms with van der Waals surface area (Å²) in [5.74, 6) is 1.69. The SMILES string of the molecule is C(=C\c1ccccc1)/CSc1nnc(-c2ccncc2)n1Cc1ccccc1. The lowest BCUT2D eigenvalue weighted by Crippen LogP contribution is -2.04. The van der Waals surface area contributed by atoms with E-state index in [9.17, 15) is 0 Å². The molecule has 2 heterocycles. The molecule has 0 radical (unpaired) electrons. The van der Waals surface area contributed by atoms with Crippen LogP contribution in [0.4, 0.5) is 0 Å². The number of benzene rings is 2. The second-order valence-corrected chi connectivity index (χ2v) is 7.23. The predicted octanol–water partition coefficient (Wildman–Crippen LogP) is 5.19. The zero-order chi connectivity index (χ0) is 19.0. The van der Waals surface area contributed by atoms with E-state index in [2.05, 4.69) is 68.3 Å². The van der Waals surface area contributed by atoms with Crippen LogP contribution in [0.3, 0.4) is 0 Å². The van der Waals surface area contributed by atoms with Crippen molar-refractivity contribution < 1.29 is 0 Å². The molecule has 4 rings (SSSR count). The Morgan fingerprint density at radius 1 is 0.821 bits per heavy atom. The van der Waals surface area contributed by atoms with E-state index in [0.717, 1.165) is 28.8 Å². The molecule has 0 amide bonds. The fourth-order valence-electron chi connectivity index (χ4n) is 2.89. The van der Waals surface area contributed by atoms with Crippen LogP contribution >= 0.6 is 11.8 Å². The summed E-state index contributed by atoms with van der Waals surface area (Å²) in [5.41, 5.74) is 3.44. The standard InChI is InChI=1S/C23H20N4S/c1-3-8-19(9-4-1)12-7-17-28-23-26-25-22(21-13-15-24-16-14-21)27(23)18-20-10-5-2-6-11-20/h1-16H,17-18H2/b12-7+. The summed E-state index contributed by atoms with van der Waals surface area (Å²) in [7, 11) is 0. The molecule has 0 spiro atoms. The Balaban J connectivity index is 1.56. The average Bonchev–Trinajstić information content (AvgIpc) is 3.16. The molecule has 0 saturated carbocycles. The van der Waals surface area contributed by atoms with E-state index in [1.807, 2.05) is 36.4 Å². The largest absolute Gasteiger partial charge is 0.298 e. The maximum Gasteiger partial charge on any atom is 0.192 e. The van der Waals surface area contributed by atoms with Gasteiger partial charge in [0.2, 0.25) is 0 Å². The molecule has 0 bridgehead atoms. The molecule has 4 aromatic rings. The fraction of sp³-hybridized carbons (Fsp3) is 0.0870. The lowest BCUT2D eigenvalue weighted by molar-refractivity contribution is 0.715. The van der Waals surface area contributed by atoms with Crippen LogP contribution in [0.15, 0.2) is 96.4 Å². The molecule has 0 atom stereocenters. The van der Waals surface area contributed by atoms with E-state index in [4.69, 9.17) is 0 Å². The molecule has 0 fully saturated rings. The summed E-state index contributed by atoms with van der Waals surface area (Å²) < 4.78 is 2.17. The molecule has 138 valence electrons. The molecule has 0 aliphatic carbocycles. The van der Waals surface area contributed by atoms with Gasteiger partial charge in [-0.05, 0) is 23.3 Å². The van der Waals surface area contributed by atoms with E-state index >= 15 is 0 Å². The van der Waals surface area contributed by atoms with Crippen molar-refractivity contribution in [3.8, 4) is 11.4 Å². The van der Waals surface area contributed by atoms with Crippen LogP contribution in [-0.4, -0.2) is 25.5 Å². The van der Waals surface area contributed by atoms with Gasteiger partial charge in [-0.15, -0.1) is 10.2 Å². The van der Waals surface area contributed by atoms with E-state index in [1.54, 1.807) is 24.2 Å². The van der Waals surface area contributed by atoms with Crippen molar-refractivity contribution in [1.82, 2.24) is 19.7 Å². The lowest BCUT2D eigenvalue weighted by atomic mass is 10.2. The van der Waals surface area contributed by atoms with Gasteiger partial charge in [0, 0.05) is 23.7 Å². The maximum absolute atomic E-state index is 4.46. The third-order valence-corrected chi connectivity index (χ3v) is 5.18. The molecule has 0 aliphatic rings. The van der Waals surface area contributed by atoms with Gasteiger partial charge in [-0.2, -0.15) is 0 Å². The molecule has 0 unspecified atom stereocenters. The normalized spacial score (nSPS) is 11.1. The number of thioether (sulfide) groups is 1. The van der Waals surface area contributed by atoms with E-state index < -0.39 is 0 Å². The second-order valence-electron chi connectivity index (χ2n) is 6.24. The molecule has 5 heteroatoms. The highest BCUT2D eigenvalue weighted by Gasteiger charge is 2.14. The molecule has 0 aliphatic heterocycles. The highest BCUT2D eigenvalue weighted by molar-refractivity contribution is 7.99. The monoisotopic (exact) mass is 384 g/mol. The van der Waals surface area contributed by atoms with Crippen molar-refractivity contribution >= 4 is 17.8 Å². The molecule has 28 heavy (non-hydrogen) atoms. The molecule has 0 N–H and O–H groups in total. The van der Waals surface area contributed by atoms with Crippen LogP contribution in [0.25, 0.3) is 17.5 Å². The molecule has 0 saturated heterocycles. The van der Waals surface area contributed by atoms with Crippen LogP contribution in [0.2, 0.25) is 0 Å². The lowest BCUT2D eigenvalue weighted by Gasteiger charge is -2.10. The topological polar surface area (TPSA) is 43.6 Å². The number of nitrogens with zero attached hydrogens (tertiary/aromatic N) is 4. The van der Waals surface area contributed by atoms with Crippen molar-refractivity contribution in [3.63, 3.8) is 0 Å². The summed E-state index contributed by atoms with van der Waals surface area (Å²) in [6, 6.07) is 24.6. The predicted molar refractivity (Wildman–Crippen MR) is 115 cm³/mol. The minimum Gasteiger partial charge on any atom is -0.298 e. The Kier molecular flexibility index (Phi) is 5.95. The van der Waals surface area contributed by atoms with Gasteiger partial charge in [0.05, 0.1) is 6.54 Å². The fourth-order valence-corrected chi connectivity index (χ4v) is 3.64. The Morgan fingerprint density at radius 3 is 2.29 bits per heavy atom. The van der Waals surface area contributed by atoms with E-state index in [-0.39, 0.29) is 0 Å². The van der Waals surface area contributed by atoms with E-state index in [0.29, 0.717) is 0 Å². The Hall–Kier alpha value is -3.18. The van der Waals surface area contributed by atoms with Crippen molar-refractivity contribution in [2.75, 3.05) is 5.75 Å². The maximum atomic E-state index is 4.46. The average molecular weight is 385 g/mol. The van der Waals surface area contributed by atoms with Gasteiger partial charge in [-0.25, -0.2) is 0 Å². The molecule has 2 aromatic heterocycles. The summed E-state index contributed by atoms with van der Waals surface area (Å²) in [6.45, 7) is 0.732. The molecule has 2 aromatic carbocycles.